The van der Waals surface area contributed by atoms with Crippen LogP contribution in [0.25, 0.3) is 22.5 Å². The van der Waals surface area contributed by atoms with E-state index in [1.165, 1.54) is 30.6 Å². The van der Waals surface area contributed by atoms with E-state index < -0.39 is 30.1 Å². The van der Waals surface area contributed by atoms with E-state index in [9.17, 15) is 19.5 Å². The van der Waals surface area contributed by atoms with E-state index in [0.717, 1.165) is 46.6 Å². The van der Waals surface area contributed by atoms with Crippen molar-refractivity contribution in [3.05, 3.63) is 102 Å². The van der Waals surface area contributed by atoms with Crippen LogP contribution in [0, 0.1) is 0 Å². The van der Waals surface area contributed by atoms with E-state index in [0.29, 0.717) is 25.2 Å². The molecule has 1 aliphatic heterocycles. The van der Waals surface area contributed by atoms with Gasteiger partial charge in [-0.25, -0.2) is 19.6 Å². The molecule has 1 fully saturated rings. The summed E-state index contributed by atoms with van der Waals surface area (Å²) >= 11 is 0. The van der Waals surface area contributed by atoms with Crippen molar-refractivity contribution >= 4 is 18.0 Å². The van der Waals surface area contributed by atoms with Gasteiger partial charge in [-0.2, -0.15) is 0 Å². The molecular weight excluding hydrogens is 620 g/mol. The number of carboxylic acid groups (broad SMARTS) is 1. The summed E-state index contributed by atoms with van der Waals surface area (Å²) in [6.07, 6.45) is 9.94. The molecule has 0 radical (unpaired) electrons. The molecule has 2 heterocycles. The molecule has 2 N–H and O–H groups in total. The van der Waals surface area contributed by atoms with Gasteiger partial charge in [0.1, 0.15) is 24.4 Å². The molecule has 0 saturated carbocycles. The minimum absolute atomic E-state index is 0.0432. The molecule has 10 heteroatoms. The zero-order valence-electron chi connectivity index (χ0n) is 27.9. The number of benzene rings is 3. The average Bonchev–Trinajstić information content (AvgIpc) is 3.64. The number of hydrogen-bond donors (Lipinski definition) is 2. The Hall–Kier alpha value is -5.25. The molecule has 1 aromatic heterocycles. The second kappa shape index (κ2) is 17.8. The van der Waals surface area contributed by atoms with E-state index in [-0.39, 0.29) is 13.0 Å². The van der Waals surface area contributed by atoms with Crippen molar-refractivity contribution < 1.29 is 29.0 Å². The Morgan fingerprint density at radius 1 is 0.857 bits per heavy atom. The second-order valence-electron chi connectivity index (χ2n) is 12.3. The summed E-state index contributed by atoms with van der Waals surface area (Å²) in [6, 6.07) is 22.7. The fourth-order valence-corrected chi connectivity index (χ4v) is 5.89. The van der Waals surface area contributed by atoms with E-state index in [2.05, 4.69) is 22.2 Å². The molecule has 2 atom stereocenters. The fraction of sp³-hybridized carbons (Fsp3) is 0.359. The van der Waals surface area contributed by atoms with Gasteiger partial charge < -0.3 is 24.8 Å². The topological polar surface area (TPSA) is 131 Å². The third-order valence-electron chi connectivity index (χ3n) is 8.63. The van der Waals surface area contributed by atoms with Crippen LogP contribution in [-0.2, 0) is 27.4 Å². The Bertz CT molecular complexity index is 1650. The van der Waals surface area contributed by atoms with Gasteiger partial charge in [0.2, 0.25) is 5.91 Å². The monoisotopic (exact) mass is 664 g/mol. The maximum atomic E-state index is 13.6. The summed E-state index contributed by atoms with van der Waals surface area (Å²) in [6.45, 7) is 3.29. The van der Waals surface area contributed by atoms with Crippen molar-refractivity contribution in [2.24, 2.45) is 0 Å². The first-order chi connectivity index (χ1) is 23.9. The van der Waals surface area contributed by atoms with E-state index >= 15 is 0 Å². The number of alkyl carbamates (subject to hydrolysis) is 1. The first-order valence-electron chi connectivity index (χ1n) is 17.1. The first-order valence-corrected chi connectivity index (χ1v) is 17.1. The predicted molar refractivity (Wildman–Crippen MR) is 187 cm³/mol. The lowest BCUT2D eigenvalue weighted by Crippen LogP contribution is -2.52. The number of aromatic nitrogens is 2. The molecule has 49 heavy (non-hydrogen) atoms. The first kappa shape index (κ1) is 35.1. The molecule has 0 aliphatic carbocycles. The average molecular weight is 665 g/mol. The molecule has 4 aromatic rings. The summed E-state index contributed by atoms with van der Waals surface area (Å²) in [5.41, 5.74) is 4.26. The number of nitrogens with one attached hydrogen (secondary N) is 1. The lowest BCUT2D eigenvalue weighted by Gasteiger charge is -2.27. The largest absolute Gasteiger partial charge is 0.494 e. The number of rotatable bonds is 16. The summed E-state index contributed by atoms with van der Waals surface area (Å²) in [7, 11) is 0. The molecule has 3 aromatic carbocycles. The van der Waals surface area contributed by atoms with Gasteiger partial charge in [-0.3, -0.25) is 4.79 Å². The molecule has 0 bridgehead atoms. The number of carbonyl (C=O) groups is 3. The molecule has 2 amide bonds. The second-order valence-corrected chi connectivity index (χ2v) is 12.3. The highest BCUT2D eigenvalue weighted by Gasteiger charge is 2.37. The van der Waals surface area contributed by atoms with Crippen LogP contribution >= 0.6 is 0 Å². The van der Waals surface area contributed by atoms with Crippen LogP contribution in [0.1, 0.15) is 63.0 Å². The van der Waals surface area contributed by atoms with Crippen molar-refractivity contribution in [1.82, 2.24) is 20.2 Å². The van der Waals surface area contributed by atoms with Crippen molar-refractivity contribution in [2.45, 2.75) is 77.0 Å². The van der Waals surface area contributed by atoms with E-state index in [4.69, 9.17) is 9.47 Å². The van der Waals surface area contributed by atoms with Gasteiger partial charge >= 0.3 is 12.1 Å². The predicted octanol–water partition coefficient (Wildman–Crippen LogP) is 7.07. The van der Waals surface area contributed by atoms with E-state index in [1.54, 1.807) is 12.4 Å². The van der Waals surface area contributed by atoms with Crippen molar-refractivity contribution in [3.8, 4) is 28.3 Å². The van der Waals surface area contributed by atoms with Crippen molar-refractivity contribution in [3.63, 3.8) is 0 Å². The Morgan fingerprint density at radius 2 is 1.55 bits per heavy atom. The van der Waals surface area contributed by atoms with Crippen LogP contribution in [0.4, 0.5) is 4.79 Å². The number of ether oxygens (including phenoxy) is 2. The lowest BCUT2D eigenvalue weighted by molar-refractivity contribution is -0.148. The van der Waals surface area contributed by atoms with Crippen LogP contribution in [0.3, 0.4) is 0 Å². The quantitative estimate of drug-likeness (QED) is 0.122. The molecule has 256 valence electrons. The van der Waals surface area contributed by atoms with Gasteiger partial charge in [-0.05, 0) is 48.1 Å². The molecule has 0 unspecified atom stereocenters. The van der Waals surface area contributed by atoms with Gasteiger partial charge in [0.15, 0.2) is 5.82 Å². The smallest absolute Gasteiger partial charge is 0.408 e. The van der Waals surface area contributed by atoms with Crippen LogP contribution in [0.2, 0.25) is 0 Å². The van der Waals surface area contributed by atoms with Gasteiger partial charge in [-0.1, -0.05) is 99.3 Å². The van der Waals surface area contributed by atoms with Crippen LogP contribution < -0.4 is 10.1 Å². The third kappa shape index (κ3) is 10.1. The van der Waals surface area contributed by atoms with Gasteiger partial charge in [-0.15, -0.1) is 0 Å². The number of carboxylic acids is 1. The Morgan fingerprint density at radius 3 is 2.24 bits per heavy atom. The lowest BCUT2D eigenvalue weighted by atomic mass is 10.0. The highest BCUT2D eigenvalue weighted by atomic mass is 16.5. The van der Waals surface area contributed by atoms with Crippen molar-refractivity contribution in [1.29, 1.82) is 0 Å². The van der Waals surface area contributed by atoms with Gasteiger partial charge in [0.05, 0.1) is 6.61 Å². The Balaban J connectivity index is 1.20. The molecule has 1 saturated heterocycles. The number of unbranched alkanes of at least 4 members (excludes halogenated alkanes) is 4. The molecular formula is C39H44N4O6. The van der Waals surface area contributed by atoms with E-state index in [1.807, 2.05) is 78.9 Å². The zero-order valence-corrected chi connectivity index (χ0v) is 27.9. The number of nitrogens with zero attached hydrogens (tertiary/aromatic N) is 3. The molecule has 1 aliphatic rings. The molecule has 5 rings (SSSR count). The summed E-state index contributed by atoms with van der Waals surface area (Å²) < 4.78 is 11.3. The summed E-state index contributed by atoms with van der Waals surface area (Å²) in [5, 5.41) is 12.3. The Kier molecular flexibility index (Phi) is 12.7. The maximum absolute atomic E-state index is 13.6. The number of likely N-dealkylation sites (tertiary alicyclic amines) is 1. The number of carbonyl (C=O) groups excluding carboxylic acids is 2. The molecule has 0 spiro atoms. The summed E-state index contributed by atoms with van der Waals surface area (Å²) in [5.74, 6) is -0.107. The van der Waals surface area contributed by atoms with Crippen LogP contribution in [-0.4, -0.2) is 63.2 Å². The standard InChI is InChI=1S/C39H44N4O6/c1-2-3-4-5-9-23-48-33-20-18-30(19-21-33)32-25-40-36(41-26-32)31-16-14-28(15-17-31)24-34(37(44)43-22-10-13-35(43)38(45)46)42-39(47)49-27-29-11-7-6-8-12-29/h6-8,11-12,14-21,25-26,34-35H,2-5,9-10,13,22-24,27H2,1H3,(H,42,47)(H,45,46)/t34-,35-/m0/s1. The SMILES string of the molecule is CCCCCCCOc1ccc(-c2cnc(-c3ccc(C[C@H](NC(=O)OCc4ccccc4)C(=O)N4CCC[C@H]4C(=O)O)cc3)nc2)cc1. The van der Waals surface area contributed by atoms with Gasteiger partial charge in [0, 0.05) is 36.5 Å². The number of aliphatic carboxylic acids is 1. The normalized spacial score (nSPS) is 14.6. The fourth-order valence-electron chi connectivity index (χ4n) is 5.89. The van der Waals surface area contributed by atoms with Crippen LogP contribution in [0.15, 0.2) is 91.3 Å². The highest BCUT2D eigenvalue weighted by Crippen LogP contribution is 2.24. The molecule has 10 nitrogen and oxygen atoms in total. The third-order valence-corrected chi connectivity index (χ3v) is 8.63. The number of hydrogen-bond acceptors (Lipinski definition) is 7. The number of amides is 2. The van der Waals surface area contributed by atoms with Crippen molar-refractivity contribution in [2.75, 3.05) is 13.2 Å². The zero-order chi connectivity index (χ0) is 34.4. The maximum Gasteiger partial charge on any atom is 0.408 e. The van der Waals surface area contributed by atoms with Gasteiger partial charge in [0.25, 0.3) is 0 Å². The summed E-state index contributed by atoms with van der Waals surface area (Å²) in [4.78, 5) is 48.7. The Labute approximate surface area is 287 Å². The minimum Gasteiger partial charge on any atom is -0.494 e. The highest BCUT2D eigenvalue weighted by molar-refractivity contribution is 5.90. The van der Waals surface area contributed by atoms with Crippen LogP contribution in [0.5, 0.6) is 5.75 Å². The minimum atomic E-state index is -1.05.